The van der Waals surface area contributed by atoms with Gasteiger partial charge in [-0.2, -0.15) is 4.31 Å². The largest absolute Gasteiger partial charge is 0.452 e. The Balaban J connectivity index is 2.25. The van der Waals surface area contributed by atoms with Gasteiger partial charge in [-0.3, -0.25) is 0 Å². The van der Waals surface area contributed by atoms with Crippen LogP contribution in [-0.2, 0) is 16.6 Å². The number of rotatable bonds is 5. The van der Waals surface area contributed by atoms with Crippen LogP contribution < -0.4 is 5.32 Å². The highest BCUT2D eigenvalue weighted by atomic mass is 79.9. The van der Waals surface area contributed by atoms with E-state index >= 15 is 0 Å². The zero-order chi connectivity index (χ0) is 15.6. The minimum absolute atomic E-state index is 0.215. The molecule has 0 radical (unpaired) electrons. The van der Waals surface area contributed by atoms with Crippen molar-refractivity contribution in [1.82, 2.24) is 14.5 Å². The van der Waals surface area contributed by atoms with Crippen LogP contribution in [0.5, 0.6) is 0 Å². The molecule has 0 amide bonds. The van der Waals surface area contributed by atoms with Crippen LogP contribution in [-0.4, -0.2) is 57.4 Å². The summed E-state index contributed by atoms with van der Waals surface area (Å²) < 4.78 is 32.9. The molecule has 1 aliphatic rings. The maximum absolute atomic E-state index is 12.8. The van der Waals surface area contributed by atoms with E-state index in [1.165, 1.54) is 0 Å². The van der Waals surface area contributed by atoms with Gasteiger partial charge in [0.25, 0.3) is 0 Å². The van der Waals surface area contributed by atoms with E-state index in [1.54, 1.807) is 17.4 Å². The number of hydrogen-bond donors (Lipinski definition) is 1. The van der Waals surface area contributed by atoms with Crippen molar-refractivity contribution in [3.8, 4) is 0 Å². The second-order valence-corrected chi connectivity index (χ2v) is 7.91. The molecule has 0 aromatic carbocycles. The molecule has 0 saturated carbocycles. The summed E-state index contributed by atoms with van der Waals surface area (Å²) >= 11 is 3.22. The van der Waals surface area contributed by atoms with Gasteiger partial charge in [-0.05, 0) is 36.4 Å². The number of furan rings is 1. The number of sulfonamides is 1. The van der Waals surface area contributed by atoms with Crippen LogP contribution in [0, 0.1) is 0 Å². The molecule has 2 rings (SSSR count). The van der Waals surface area contributed by atoms with Crippen LogP contribution in [0.1, 0.15) is 19.1 Å². The monoisotopic (exact) mass is 379 g/mol. The summed E-state index contributed by atoms with van der Waals surface area (Å²) in [5.74, 6) is 0.601. The smallest absolute Gasteiger partial charge is 0.247 e. The van der Waals surface area contributed by atoms with E-state index in [0.717, 1.165) is 13.0 Å². The summed E-state index contributed by atoms with van der Waals surface area (Å²) in [4.78, 5) is 2.43. The molecular weight excluding hydrogens is 358 g/mol. The van der Waals surface area contributed by atoms with Crippen molar-refractivity contribution >= 4 is 26.0 Å². The summed E-state index contributed by atoms with van der Waals surface area (Å²) in [5, 5.41) is 2.95. The first-order chi connectivity index (χ1) is 9.90. The fourth-order valence-corrected chi connectivity index (χ4v) is 4.98. The Bertz CT molecular complexity index is 587. The van der Waals surface area contributed by atoms with Crippen LogP contribution in [0.25, 0.3) is 0 Å². The predicted octanol–water partition coefficient (Wildman–Crippen LogP) is 1.48. The van der Waals surface area contributed by atoms with Crippen molar-refractivity contribution in [2.45, 2.75) is 30.8 Å². The van der Waals surface area contributed by atoms with E-state index in [1.807, 2.05) is 7.05 Å². The first-order valence-corrected chi connectivity index (χ1v) is 9.26. The minimum Gasteiger partial charge on any atom is -0.452 e. The van der Waals surface area contributed by atoms with Gasteiger partial charge in [0.2, 0.25) is 10.0 Å². The summed E-state index contributed by atoms with van der Waals surface area (Å²) in [6, 6.07) is 1.85. The van der Waals surface area contributed by atoms with E-state index in [2.05, 4.69) is 33.1 Å². The van der Waals surface area contributed by atoms with Crippen LogP contribution in [0.2, 0.25) is 0 Å². The molecule has 1 unspecified atom stereocenters. The molecule has 1 fully saturated rings. The highest BCUT2D eigenvalue weighted by Gasteiger charge is 2.34. The Kier molecular flexibility index (Phi) is 5.48. The van der Waals surface area contributed by atoms with Crippen LogP contribution in [0.4, 0.5) is 0 Å². The Morgan fingerprint density at radius 1 is 1.48 bits per heavy atom. The molecule has 1 aromatic heterocycles. The second kappa shape index (κ2) is 6.78. The molecule has 0 aliphatic carbocycles. The third-order valence-corrected chi connectivity index (χ3v) is 6.61. The molecule has 1 atom stereocenters. The lowest BCUT2D eigenvalue weighted by Gasteiger charge is -2.38. The van der Waals surface area contributed by atoms with Crippen molar-refractivity contribution in [2.24, 2.45) is 0 Å². The topological polar surface area (TPSA) is 65.8 Å². The molecule has 0 spiro atoms. The molecule has 1 N–H and O–H groups in total. The highest BCUT2D eigenvalue weighted by molar-refractivity contribution is 9.10. The van der Waals surface area contributed by atoms with E-state index in [9.17, 15) is 8.42 Å². The Labute approximate surface area is 134 Å². The normalized spacial score (nSPS) is 21.8. The molecule has 1 saturated heterocycles. The highest BCUT2D eigenvalue weighted by Crippen LogP contribution is 2.30. The Morgan fingerprint density at radius 2 is 2.19 bits per heavy atom. The maximum atomic E-state index is 12.8. The molecule has 8 heteroatoms. The van der Waals surface area contributed by atoms with Gasteiger partial charge in [0.15, 0.2) is 4.67 Å². The SMILES string of the molecule is CCC1CN(S(=O)(=O)c2cc(CNC)oc2Br)CCN1C. The summed E-state index contributed by atoms with van der Waals surface area (Å²) in [6.45, 7) is 4.35. The molecular formula is C13H22BrN3O3S. The Morgan fingerprint density at radius 3 is 2.81 bits per heavy atom. The third-order valence-electron chi connectivity index (χ3n) is 3.89. The van der Waals surface area contributed by atoms with Gasteiger partial charge in [0.1, 0.15) is 10.7 Å². The number of nitrogens with one attached hydrogen (secondary N) is 1. The number of piperazine rings is 1. The average Bonchev–Trinajstić information content (AvgIpc) is 2.81. The minimum atomic E-state index is -3.52. The predicted molar refractivity (Wildman–Crippen MR) is 84.6 cm³/mol. The quantitative estimate of drug-likeness (QED) is 0.838. The zero-order valence-electron chi connectivity index (χ0n) is 12.6. The van der Waals surface area contributed by atoms with Crippen LogP contribution in [0.15, 0.2) is 20.0 Å². The van der Waals surface area contributed by atoms with Crippen LogP contribution in [0.3, 0.4) is 0 Å². The molecule has 0 bridgehead atoms. The zero-order valence-corrected chi connectivity index (χ0v) is 15.0. The fraction of sp³-hybridized carbons (Fsp3) is 0.692. The number of likely N-dealkylation sites (N-methyl/N-ethyl adjacent to an activating group) is 1. The number of halogens is 1. The number of nitrogens with zero attached hydrogens (tertiary/aromatic N) is 2. The fourth-order valence-electron chi connectivity index (χ4n) is 2.55. The summed E-state index contributed by atoms with van der Waals surface area (Å²) in [6.07, 6.45) is 0.931. The van der Waals surface area contributed by atoms with Gasteiger partial charge in [-0.25, -0.2) is 8.42 Å². The van der Waals surface area contributed by atoms with E-state index in [-0.39, 0.29) is 15.6 Å². The summed E-state index contributed by atoms with van der Waals surface area (Å²) in [5.41, 5.74) is 0. The molecule has 1 aliphatic heterocycles. The molecule has 120 valence electrons. The van der Waals surface area contributed by atoms with E-state index in [0.29, 0.717) is 25.4 Å². The lowest BCUT2D eigenvalue weighted by atomic mass is 10.1. The Hall–Kier alpha value is -0.410. The lowest BCUT2D eigenvalue weighted by molar-refractivity contribution is 0.144. The number of hydrogen-bond acceptors (Lipinski definition) is 5. The van der Waals surface area contributed by atoms with Crippen LogP contribution >= 0.6 is 15.9 Å². The first-order valence-electron chi connectivity index (χ1n) is 7.03. The van der Waals surface area contributed by atoms with E-state index in [4.69, 9.17) is 4.42 Å². The van der Waals surface area contributed by atoms with Gasteiger partial charge in [0, 0.05) is 31.7 Å². The van der Waals surface area contributed by atoms with Crippen molar-refractivity contribution in [1.29, 1.82) is 0 Å². The van der Waals surface area contributed by atoms with Crippen molar-refractivity contribution in [2.75, 3.05) is 33.7 Å². The maximum Gasteiger partial charge on any atom is 0.247 e. The molecule has 6 nitrogen and oxygen atoms in total. The lowest BCUT2D eigenvalue weighted by Crippen LogP contribution is -2.52. The van der Waals surface area contributed by atoms with Crippen molar-refractivity contribution in [3.63, 3.8) is 0 Å². The standard InChI is InChI=1S/C13H22BrN3O3S/c1-4-10-9-17(6-5-16(10)3)21(18,19)12-7-11(8-15-2)20-13(12)14/h7,10,15H,4-6,8-9H2,1-3H3. The van der Waals surface area contributed by atoms with Gasteiger partial charge in [-0.15, -0.1) is 0 Å². The van der Waals surface area contributed by atoms with Gasteiger partial charge >= 0.3 is 0 Å². The van der Waals surface area contributed by atoms with Gasteiger partial charge in [0.05, 0.1) is 6.54 Å². The van der Waals surface area contributed by atoms with Crippen molar-refractivity contribution in [3.05, 3.63) is 16.5 Å². The molecule has 21 heavy (non-hydrogen) atoms. The third kappa shape index (κ3) is 3.50. The van der Waals surface area contributed by atoms with Gasteiger partial charge in [-0.1, -0.05) is 6.92 Å². The molecule has 1 aromatic rings. The first kappa shape index (κ1) is 17.0. The summed E-state index contributed by atoms with van der Waals surface area (Å²) in [7, 11) is 0.309. The van der Waals surface area contributed by atoms with Gasteiger partial charge < -0.3 is 14.6 Å². The second-order valence-electron chi connectivity index (χ2n) is 5.29. The van der Waals surface area contributed by atoms with E-state index < -0.39 is 10.0 Å². The van der Waals surface area contributed by atoms with Crippen molar-refractivity contribution < 1.29 is 12.8 Å². The molecule has 2 heterocycles. The average molecular weight is 380 g/mol.